The van der Waals surface area contributed by atoms with Gasteiger partial charge in [0.2, 0.25) is 12.2 Å². The van der Waals surface area contributed by atoms with E-state index in [1.54, 1.807) is 22.7 Å². The molecule has 0 bridgehead atoms. The molecule has 0 spiro atoms. The van der Waals surface area contributed by atoms with Crippen LogP contribution in [0.3, 0.4) is 0 Å². The van der Waals surface area contributed by atoms with Crippen molar-refractivity contribution in [2.75, 3.05) is 18.4 Å². The first-order valence-corrected chi connectivity index (χ1v) is 9.42. The SMILES string of the molecule is Oc1cc(Cl)ccc1-c1nnc(N[C@@H]2CCCN(C(F)C(F)F)C2)n2cncc12. The maximum atomic E-state index is 13.7. The van der Waals surface area contributed by atoms with Gasteiger partial charge in [-0.25, -0.2) is 18.2 Å². The average Bonchev–Trinajstić information content (AvgIpc) is 3.19. The zero-order chi connectivity index (χ0) is 20.5. The predicted molar refractivity (Wildman–Crippen MR) is 102 cm³/mol. The van der Waals surface area contributed by atoms with E-state index in [-0.39, 0.29) is 24.9 Å². The summed E-state index contributed by atoms with van der Waals surface area (Å²) in [5.41, 5.74) is 1.44. The second-order valence-electron chi connectivity index (χ2n) is 6.87. The Morgan fingerprint density at radius 2 is 2.07 bits per heavy atom. The first-order chi connectivity index (χ1) is 13.9. The molecule has 1 aromatic carbocycles. The highest BCUT2D eigenvalue weighted by Gasteiger charge is 2.32. The minimum atomic E-state index is -3.04. The molecule has 0 saturated carbocycles. The summed E-state index contributed by atoms with van der Waals surface area (Å²) in [4.78, 5) is 5.25. The number of benzene rings is 1. The van der Waals surface area contributed by atoms with Crippen LogP contribution in [0.15, 0.2) is 30.7 Å². The molecule has 4 rings (SSSR count). The van der Waals surface area contributed by atoms with Crippen LogP contribution in [0.2, 0.25) is 5.02 Å². The molecule has 1 aliphatic heterocycles. The summed E-state index contributed by atoms with van der Waals surface area (Å²) in [6.07, 6.45) is -0.952. The molecule has 1 fully saturated rings. The third-order valence-corrected chi connectivity index (χ3v) is 5.15. The van der Waals surface area contributed by atoms with Gasteiger partial charge in [-0.2, -0.15) is 0 Å². The molecule has 154 valence electrons. The molecule has 1 unspecified atom stereocenters. The van der Waals surface area contributed by atoms with Gasteiger partial charge < -0.3 is 10.4 Å². The topological polar surface area (TPSA) is 78.6 Å². The van der Waals surface area contributed by atoms with Crippen LogP contribution in [0.4, 0.5) is 19.1 Å². The minimum Gasteiger partial charge on any atom is -0.507 e. The number of piperidine rings is 1. The minimum absolute atomic E-state index is 0.0421. The number of nitrogens with zero attached hydrogens (tertiary/aromatic N) is 5. The number of nitrogens with one attached hydrogen (secondary N) is 1. The zero-order valence-corrected chi connectivity index (χ0v) is 15.9. The summed E-state index contributed by atoms with van der Waals surface area (Å²) in [5.74, 6) is 0.313. The number of imidazole rings is 1. The largest absolute Gasteiger partial charge is 0.507 e. The van der Waals surface area contributed by atoms with Crippen molar-refractivity contribution in [3.63, 3.8) is 0 Å². The van der Waals surface area contributed by atoms with Crippen molar-refractivity contribution >= 4 is 23.1 Å². The van der Waals surface area contributed by atoms with Crippen molar-refractivity contribution in [2.24, 2.45) is 0 Å². The summed E-state index contributed by atoms with van der Waals surface area (Å²) in [6, 6.07) is 4.40. The van der Waals surface area contributed by atoms with Gasteiger partial charge >= 0.3 is 0 Å². The predicted octanol–water partition coefficient (Wildman–Crippen LogP) is 3.59. The van der Waals surface area contributed by atoms with Gasteiger partial charge in [0.1, 0.15) is 17.8 Å². The van der Waals surface area contributed by atoms with Gasteiger partial charge in [-0.05, 0) is 31.0 Å². The van der Waals surface area contributed by atoms with E-state index >= 15 is 0 Å². The lowest BCUT2D eigenvalue weighted by atomic mass is 10.1. The fourth-order valence-electron chi connectivity index (χ4n) is 3.52. The first-order valence-electron chi connectivity index (χ1n) is 9.04. The van der Waals surface area contributed by atoms with Crippen LogP contribution in [-0.2, 0) is 0 Å². The Bertz CT molecular complexity index is 1020. The number of aromatic hydroxyl groups is 1. The van der Waals surface area contributed by atoms with Crippen LogP contribution in [-0.4, -0.2) is 61.4 Å². The van der Waals surface area contributed by atoms with Crippen LogP contribution in [0.5, 0.6) is 5.75 Å². The summed E-state index contributed by atoms with van der Waals surface area (Å²) < 4.78 is 40.7. The van der Waals surface area contributed by atoms with Crippen molar-refractivity contribution < 1.29 is 18.3 Å². The van der Waals surface area contributed by atoms with Crippen molar-refractivity contribution in [3.8, 4) is 17.0 Å². The fourth-order valence-corrected chi connectivity index (χ4v) is 3.69. The van der Waals surface area contributed by atoms with Crippen molar-refractivity contribution in [1.82, 2.24) is 24.5 Å². The lowest BCUT2D eigenvalue weighted by molar-refractivity contribution is -0.0571. The summed E-state index contributed by atoms with van der Waals surface area (Å²) in [5, 5.41) is 22.1. The van der Waals surface area contributed by atoms with E-state index in [1.165, 1.54) is 12.4 Å². The van der Waals surface area contributed by atoms with Gasteiger partial charge in [0.25, 0.3) is 6.43 Å². The highest BCUT2D eigenvalue weighted by Crippen LogP contribution is 2.33. The summed E-state index contributed by atoms with van der Waals surface area (Å²) in [6.45, 7) is 0.410. The van der Waals surface area contributed by atoms with E-state index in [4.69, 9.17) is 11.6 Å². The molecule has 11 heteroatoms. The van der Waals surface area contributed by atoms with Gasteiger partial charge in [-0.1, -0.05) is 11.6 Å². The molecule has 7 nitrogen and oxygen atoms in total. The number of phenolic OH excluding ortho intramolecular Hbond substituents is 1. The van der Waals surface area contributed by atoms with E-state index < -0.39 is 12.7 Å². The average molecular weight is 427 g/mol. The normalized spacial score (nSPS) is 19.0. The molecule has 3 heterocycles. The monoisotopic (exact) mass is 426 g/mol. The zero-order valence-electron chi connectivity index (χ0n) is 15.1. The van der Waals surface area contributed by atoms with E-state index in [1.807, 2.05) is 0 Å². The van der Waals surface area contributed by atoms with Crippen molar-refractivity contribution in [1.29, 1.82) is 0 Å². The number of aromatic nitrogens is 4. The summed E-state index contributed by atoms with van der Waals surface area (Å²) >= 11 is 5.89. The van der Waals surface area contributed by atoms with E-state index in [2.05, 4.69) is 20.5 Å². The van der Waals surface area contributed by atoms with Crippen molar-refractivity contribution in [2.45, 2.75) is 31.6 Å². The standard InChI is InChI=1S/C18H18ClF3N6O/c19-10-3-4-12(14(29)6-10)15-13-7-23-9-28(13)18(26-25-15)24-11-2-1-5-27(8-11)17(22)16(20)21/h3-4,6-7,9,11,16-17,29H,1-2,5,8H2,(H,24,26)/t11-,17?/m1/s1. The Hall–Kier alpha value is -2.59. The number of fused-ring (bicyclic) bond motifs is 1. The first kappa shape index (κ1) is 19.7. The number of alkyl halides is 3. The van der Waals surface area contributed by atoms with Crippen LogP contribution in [0.1, 0.15) is 12.8 Å². The Balaban J connectivity index is 1.61. The quantitative estimate of drug-likeness (QED) is 0.607. The number of rotatable bonds is 5. The van der Waals surface area contributed by atoms with E-state index in [0.717, 1.165) is 4.90 Å². The molecule has 0 aliphatic carbocycles. The number of hydrogen-bond acceptors (Lipinski definition) is 6. The third-order valence-electron chi connectivity index (χ3n) is 4.91. The molecular weight excluding hydrogens is 409 g/mol. The second kappa shape index (κ2) is 8.03. The Morgan fingerprint density at radius 1 is 1.24 bits per heavy atom. The van der Waals surface area contributed by atoms with Crippen LogP contribution in [0.25, 0.3) is 16.8 Å². The van der Waals surface area contributed by atoms with Crippen molar-refractivity contribution in [3.05, 3.63) is 35.7 Å². The number of likely N-dealkylation sites (tertiary alicyclic amines) is 1. The second-order valence-corrected chi connectivity index (χ2v) is 7.30. The molecule has 0 amide bonds. The molecular formula is C18H18ClF3N6O. The maximum absolute atomic E-state index is 13.7. The Morgan fingerprint density at radius 3 is 2.83 bits per heavy atom. The molecule has 2 atom stereocenters. The van der Waals surface area contributed by atoms with Crippen LogP contribution in [0, 0.1) is 0 Å². The maximum Gasteiger partial charge on any atom is 0.282 e. The smallest absolute Gasteiger partial charge is 0.282 e. The van der Waals surface area contributed by atoms with Gasteiger partial charge in [0.05, 0.1) is 11.7 Å². The fraction of sp³-hybridized carbons (Fsp3) is 0.389. The molecule has 29 heavy (non-hydrogen) atoms. The number of phenols is 1. The Labute approximate surface area is 169 Å². The lowest BCUT2D eigenvalue weighted by Gasteiger charge is -2.34. The van der Waals surface area contributed by atoms with Crippen LogP contribution >= 0.6 is 11.6 Å². The van der Waals surface area contributed by atoms with E-state index in [0.29, 0.717) is 40.6 Å². The molecule has 1 aliphatic rings. The number of anilines is 1. The van der Waals surface area contributed by atoms with Gasteiger partial charge in [-0.15, -0.1) is 10.2 Å². The molecule has 2 N–H and O–H groups in total. The van der Waals surface area contributed by atoms with Gasteiger partial charge in [0.15, 0.2) is 0 Å². The van der Waals surface area contributed by atoms with Gasteiger partial charge in [0, 0.05) is 29.7 Å². The third kappa shape index (κ3) is 3.95. The van der Waals surface area contributed by atoms with Gasteiger partial charge in [-0.3, -0.25) is 9.30 Å². The molecule has 3 aromatic rings. The highest BCUT2D eigenvalue weighted by molar-refractivity contribution is 6.30. The molecule has 2 aromatic heterocycles. The highest BCUT2D eigenvalue weighted by atomic mass is 35.5. The molecule has 1 saturated heterocycles. The summed E-state index contributed by atoms with van der Waals surface area (Å²) in [7, 11) is 0. The van der Waals surface area contributed by atoms with E-state index in [9.17, 15) is 18.3 Å². The number of halogens is 4. The number of hydrogen-bond donors (Lipinski definition) is 2. The van der Waals surface area contributed by atoms with Crippen LogP contribution < -0.4 is 5.32 Å². The lowest BCUT2D eigenvalue weighted by Crippen LogP contribution is -2.48. The Kier molecular flexibility index (Phi) is 5.46. The molecule has 0 radical (unpaired) electrons.